The normalized spacial score (nSPS) is 19.8. The van der Waals surface area contributed by atoms with E-state index in [2.05, 4.69) is 51.9 Å². The Kier molecular flexibility index (Phi) is 8.84. The van der Waals surface area contributed by atoms with E-state index in [1.165, 1.54) is 4.88 Å². The minimum absolute atomic E-state index is 0.374. The fraction of sp³-hybridized carbons (Fsp3) is 0.737. The summed E-state index contributed by atoms with van der Waals surface area (Å²) >= 11 is 1.81. The van der Waals surface area contributed by atoms with Gasteiger partial charge in [-0.1, -0.05) is 13.0 Å². The Bertz CT molecular complexity index is 528. The molecule has 0 bridgehead atoms. The first-order chi connectivity index (χ1) is 12.5. The number of nitrogens with zero attached hydrogens (tertiary/aromatic N) is 2. The number of rotatable bonds is 9. The molecular weight excluding hydrogens is 348 g/mol. The first-order valence-corrected chi connectivity index (χ1v) is 10.4. The van der Waals surface area contributed by atoms with Gasteiger partial charge >= 0.3 is 0 Å². The molecule has 26 heavy (non-hydrogen) atoms. The monoisotopic (exact) mass is 382 g/mol. The molecule has 1 aliphatic rings. The number of ether oxygens (including phenoxy) is 1. The number of β-amino-alcohol motifs (C(OH)–C–C–N with tert-alkyl or cyclic N) is 1. The molecule has 1 aliphatic heterocycles. The van der Waals surface area contributed by atoms with E-state index in [0.29, 0.717) is 19.0 Å². The van der Waals surface area contributed by atoms with Gasteiger partial charge in [0.05, 0.1) is 25.4 Å². The molecule has 2 heterocycles. The van der Waals surface area contributed by atoms with E-state index in [0.717, 1.165) is 51.8 Å². The Morgan fingerprint density at radius 2 is 2.19 bits per heavy atom. The fourth-order valence-electron chi connectivity index (χ4n) is 3.00. The molecule has 2 atom stereocenters. The summed E-state index contributed by atoms with van der Waals surface area (Å²) in [6.45, 7) is 12.0. The maximum atomic E-state index is 10.7. The summed E-state index contributed by atoms with van der Waals surface area (Å²) in [5, 5.41) is 19.5. The third kappa shape index (κ3) is 8.03. The number of hydrogen-bond donors (Lipinski definition) is 3. The van der Waals surface area contributed by atoms with Crippen LogP contribution in [0.15, 0.2) is 22.5 Å². The third-order valence-corrected chi connectivity index (χ3v) is 5.24. The number of aliphatic hydroxyl groups is 1. The van der Waals surface area contributed by atoms with E-state index in [4.69, 9.17) is 4.74 Å². The van der Waals surface area contributed by atoms with E-state index in [1.807, 2.05) is 6.92 Å². The predicted molar refractivity (Wildman–Crippen MR) is 109 cm³/mol. The maximum absolute atomic E-state index is 10.7. The Hall–Kier alpha value is -1.15. The fourth-order valence-corrected chi connectivity index (χ4v) is 3.87. The first-order valence-electron chi connectivity index (χ1n) is 9.55. The lowest BCUT2D eigenvalue weighted by Gasteiger charge is -2.33. The Morgan fingerprint density at radius 1 is 1.42 bits per heavy atom. The summed E-state index contributed by atoms with van der Waals surface area (Å²) < 4.78 is 5.37. The van der Waals surface area contributed by atoms with Crippen LogP contribution in [-0.4, -0.2) is 74.0 Å². The molecule has 0 radical (unpaired) electrons. The number of thiophene rings is 1. The van der Waals surface area contributed by atoms with Crippen LogP contribution in [0.2, 0.25) is 0 Å². The van der Waals surface area contributed by atoms with Gasteiger partial charge in [-0.2, -0.15) is 0 Å². The molecule has 1 aromatic heterocycles. The second-order valence-corrected chi connectivity index (χ2v) is 8.38. The summed E-state index contributed by atoms with van der Waals surface area (Å²) in [6, 6.07) is 4.28. The van der Waals surface area contributed by atoms with Crippen LogP contribution >= 0.6 is 11.3 Å². The lowest BCUT2D eigenvalue weighted by molar-refractivity contribution is -0.0179. The molecule has 2 unspecified atom stereocenters. The zero-order chi connectivity index (χ0) is 18.8. The van der Waals surface area contributed by atoms with E-state index in [9.17, 15) is 5.11 Å². The second kappa shape index (κ2) is 10.9. The molecule has 148 valence electrons. The number of nitrogens with one attached hydrogen (secondary N) is 2. The van der Waals surface area contributed by atoms with Crippen molar-refractivity contribution in [2.75, 3.05) is 52.5 Å². The van der Waals surface area contributed by atoms with Gasteiger partial charge in [-0.3, -0.25) is 9.89 Å². The summed E-state index contributed by atoms with van der Waals surface area (Å²) in [5.41, 5.74) is -0.845. The summed E-state index contributed by atoms with van der Waals surface area (Å²) in [7, 11) is 0. The van der Waals surface area contributed by atoms with E-state index in [1.54, 1.807) is 11.3 Å². The summed E-state index contributed by atoms with van der Waals surface area (Å²) in [6.07, 6.45) is 1.07. The number of morpholine rings is 1. The SMILES string of the molecule is CCNC(=NCC(C)(O)CN1CCOCC1)NCC(C)Cc1cccs1. The summed E-state index contributed by atoms with van der Waals surface area (Å²) in [5.74, 6) is 1.29. The zero-order valence-corrected chi connectivity index (χ0v) is 17.1. The van der Waals surface area contributed by atoms with E-state index < -0.39 is 5.60 Å². The molecule has 0 aromatic carbocycles. The third-order valence-electron chi connectivity index (χ3n) is 4.34. The topological polar surface area (TPSA) is 69.1 Å². The second-order valence-electron chi connectivity index (χ2n) is 7.35. The average Bonchev–Trinajstić information content (AvgIpc) is 3.11. The molecule has 1 fully saturated rings. The van der Waals surface area contributed by atoms with E-state index >= 15 is 0 Å². The molecule has 1 saturated heterocycles. The molecule has 0 spiro atoms. The molecule has 7 heteroatoms. The van der Waals surface area contributed by atoms with Gasteiger partial charge in [-0.15, -0.1) is 11.3 Å². The van der Waals surface area contributed by atoms with Gasteiger partial charge in [0.1, 0.15) is 0 Å². The lowest BCUT2D eigenvalue weighted by Crippen LogP contribution is -2.48. The Labute approximate surface area is 161 Å². The highest BCUT2D eigenvalue weighted by atomic mass is 32.1. The van der Waals surface area contributed by atoms with Crippen molar-refractivity contribution in [1.29, 1.82) is 0 Å². The van der Waals surface area contributed by atoms with Gasteiger partial charge < -0.3 is 20.5 Å². The molecule has 2 rings (SSSR count). The van der Waals surface area contributed by atoms with Crippen LogP contribution in [0, 0.1) is 5.92 Å². The molecule has 0 aliphatic carbocycles. The maximum Gasteiger partial charge on any atom is 0.191 e. The van der Waals surface area contributed by atoms with Crippen molar-refractivity contribution in [1.82, 2.24) is 15.5 Å². The molecule has 0 saturated carbocycles. The molecule has 1 aromatic rings. The minimum atomic E-state index is -0.845. The highest BCUT2D eigenvalue weighted by molar-refractivity contribution is 7.09. The lowest BCUT2D eigenvalue weighted by atomic mass is 10.1. The van der Waals surface area contributed by atoms with Gasteiger partial charge in [0.25, 0.3) is 0 Å². The van der Waals surface area contributed by atoms with Gasteiger partial charge in [-0.25, -0.2) is 0 Å². The first kappa shape index (κ1) is 21.2. The summed E-state index contributed by atoms with van der Waals surface area (Å²) in [4.78, 5) is 8.26. The zero-order valence-electron chi connectivity index (χ0n) is 16.3. The molecular formula is C19H34N4O2S. The molecule has 3 N–H and O–H groups in total. The van der Waals surface area contributed by atoms with Gasteiger partial charge in [0, 0.05) is 37.6 Å². The van der Waals surface area contributed by atoms with Crippen LogP contribution in [0.3, 0.4) is 0 Å². The highest BCUT2D eigenvalue weighted by Crippen LogP contribution is 2.14. The van der Waals surface area contributed by atoms with Crippen LogP contribution in [-0.2, 0) is 11.2 Å². The van der Waals surface area contributed by atoms with Crippen molar-refractivity contribution in [3.05, 3.63) is 22.4 Å². The van der Waals surface area contributed by atoms with E-state index in [-0.39, 0.29) is 0 Å². The van der Waals surface area contributed by atoms with Crippen molar-refractivity contribution in [2.24, 2.45) is 10.9 Å². The number of aliphatic imine (C=N–C) groups is 1. The smallest absolute Gasteiger partial charge is 0.191 e. The van der Waals surface area contributed by atoms with Crippen molar-refractivity contribution in [3.63, 3.8) is 0 Å². The van der Waals surface area contributed by atoms with Gasteiger partial charge in [0.15, 0.2) is 5.96 Å². The predicted octanol–water partition coefficient (Wildman–Crippen LogP) is 1.57. The van der Waals surface area contributed by atoms with Gasteiger partial charge in [0.2, 0.25) is 0 Å². The van der Waals surface area contributed by atoms with Crippen LogP contribution in [0.4, 0.5) is 0 Å². The number of guanidine groups is 1. The quantitative estimate of drug-likeness (QED) is 0.447. The Morgan fingerprint density at radius 3 is 2.85 bits per heavy atom. The van der Waals surface area contributed by atoms with Crippen LogP contribution in [0.25, 0.3) is 0 Å². The number of hydrogen-bond acceptors (Lipinski definition) is 5. The largest absolute Gasteiger partial charge is 0.387 e. The van der Waals surface area contributed by atoms with Crippen molar-refractivity contribution in [3.8, 4) is 0 Å². The van der Waals surface area contributed by atoms with Crippen LogP contribution < -0.4 is 10.6 Å². The van der Waals surface area contributed by atoms with Gasteiger partial charge in [-0.05, 0) is 37.6 Å². The highest BCUT2D eigenvalue weighted by Gasteiger charge is 2.25. The molecule has 0 amide bonds. The van der Waals surface area contributed by atoms with Crippen LogP contribution in [0.5, 0.6) is 0 Å². The molecule has 6 nitrogen and oxygen atoms in total. The Balaban J connectivity index is 1.80. The van der Waals surface area contributed by atoms with Crippen LogP contribution in [0.1, 0.15) is 25.6 Å². The van der Waals surface area contributed by atoms with Crippen molar-refractivity contribution >= 4 is 17.3 Å². The minimum Gasteiger partial charge on any atom is -0.387 e. The van der Waals surface area contributed by atoms with Crippen molar-refractivity contribution in [2.45, 2.75) is 32.8 Å². The standard InChI is InChI=1S/C19H34N4O2S/c1-4-20-18(21-13-16(2)12-17-6-5-11-26-17)22-14-19(3,24)15-23-7-9-25-10-8-23/h5-6,11,16,24H,4,7-10,12-15H2,1-3H3,(H2,20,21,22). The van der Waals surface area contributed by atoms with Crippen molar-refractivity contribution < 1.29 is 9.84 Å². The average molecular weight is 383 g/mol.